The number of hydrogen-bond donors (Lipinski definition) is 0. The number of nitrogens with zero attached hydrogens (tertiary/aromatic N) is 2. The summed E-state index contributed by atoms with van der Waals surface area (Å²) in [5.74, 6) is 0.889. The molecule has 3 rings (SSSR count). The van der Waals surface area contributed by atoms with Gasteiger partial charge in [0.25, 0.3) is 5.91 Å². The molecular formula is C20H24N2O2. The average Bonchev–Trinajstić information content (AvgIpc) is 2.65. The monoisotopic (exact) mass is 324 g/mol. The first kappa shape index (κ1) is 16.5. The van der Waals surface area contributed by atoms with E-state index in [1.54, 1.807) is 17.3 Å². The topological polar surface area (TPSA) is 42.4 Å². The molecular weight excluding hydrogens is 300 g/mol. The van der Waals surface area contributed by atoms with Crippen LogP contribution in [0.15, 0.2) is 42.7 Å². The first-order valence-corrected chi connectivity index (χ1v) is 8.60. The Kier molecular flexibility index (Phi) is 5.47. The zero-order valence-electron chi connectivity index (χ0n) is 14.2. The van der Waals surface area contributed by atoms with Gasteiger partial charge in [-0.3, -0.25) is 9.78 Å². The number of carbonyl (C=O) groups excluding carboxylic acids is 1. The van der Waals surface area contributed by atoms with Crippen LogP contribution in [-0.2, 0) is 24.1 Å². The van der Waals surface area contributed by atoms with E-state index in [0.717, 1.165) is 25.0 Å². The van der Waals surface area contributed by atoms with Crippen LogP contribution in [0.25, 0.3) is 0 Å². The van der Waals surface area contributed by atoms with Crippen LogP contribution in [0.3, 0.4) is 0 Å². The molecule has 1 amide bonds. The number of benzene rings is 1. The molecule has 0 bridgehead atoms. The molecule has 4 nitrogen and oxygen atoms in total. The number of rotatable bonds is 6. The van der Waals surface area contributed by atoms with Crippen molar-refractivity contribution in [3.63, 3.8) is 0 Å². The van der Waals surface area contributed by atoms with Gasteiger partial charge in [-0.15, -0.1) is 0 Å². The van der Waals surface area contributed by atoms with E-state index in [1.165, 1.54) is 29.5 Å². The Morgan fingerprint density at radius 3 is 2.79 bits per heavy atom. The van der Waals surface area contributed by atoms with Crippen LogP contribution in [0.5, 0.6) is 5.75 Å². The van der Waals surface area contributed by atoms with Gasteiger partial charge in [-0.1, -0.05) is 12.1 Å². The van der Waals surface area contributed by atoms with Crippen molar-refractivity contribution in [2.75, 3.05) is 20.2 Å². The molecule has 0 spiro atoms. The Morgan fingerprint density at radius 2 is 1.96 bits per heavy atom. The highest BCUT2D eigenvalue weighted by Crippen LogP contribution is 2.29. The van der Waals surface area contributed by atoms with E-state index in [9.17, 15) is 4.79 Å². The molecule has 1 aromatic heterocycles. The third-order valence-corrected chi connectivity index (χ3v) is 4.62. The van der Waals surface area contributed by atoms with E-state index in [4.69, 9.17) is 4.74 Å². The summed E-state index contributed by atoms with van der Waals surface area (Å²) >= 11 is 0. The Morgan fingerprint density at radius 1 is 1.17 bits per heavy atom. The van der Waals surface area contributed by atoms with Crippen LogP contribution in [0, 0.1) is 0 Å². The number of pyridine rings is 1. The van der Waals surface area contributed by atoms with Crippen LogP contribution < -0.4 is 4.74 Å². The minimum atomic E-state index is 0.0115. The van der Waals surface area contributed by atoms with Crippen molar-refractivity contribution in [3.05, 3.63) is 59.4 Å². The van der Waals surface area contributed by atoms with Gasteiger partial charge in [0, 0.05) is 26.0 Å². The number of amides is 1. The molecule has 126 valence electrons. The quantitative estimate of drug-likeness (QED) is 0.820. The van der Waals surface area contributed by atoms with Crippen molar-refractivity contribution >= 4 is 5.91 Å². The molecule has 0 N–H and O–H groups in total. The lowest BCUT2D eigenvalue weighted by molar-refractivity contribution is -0.132. The van der Waals surface area contributed by atoms with Gasteiger partial charge >= 0.3 is 0 Å². The van der Waals surface area contributed by atoms with Crippen molar-refractivity contribution < 1.29 is 9.53 Å². The van der Waals surface area contributed by atoms with Crippen LogP contribution in [0.4, 0.5) is 0 Å². The second-order valence-corrected chi connectivity index (χ2v) is 6.31. The minimum Gasteiger partial charge on any atom is -0.483 e. The van der Waals surface area contributed by atoms with E-state index in [2.05, 4.69) is 11.1 Å². The molecule has 1 aliphatic carbocycles. The molecule has 0 radical (unpaired) electrons. The fourth-order valence-corrected chi connectivity index (χ4v) is 3.10. The number of aromatic nitrogens is 1. The van der Waals surface area contributed by atoms with Gasteiger partial charge in [-0.2, -0.15) is 0 Å². The lowest BCUT2D eigenvalue weighted by Crippen LogP contribution is -2.33. The Labute approximate surface area is 143 Å². The van der Waals surface area contributed by atoms with Crippen LogP contribution in [0.2, 0.25) is 0 Å². The lowest BCUT2D eigenvalue weighted by atomic mass is 9.91. The van der Waals surface area contributed by atoms with Gasteiger partial charge in [0.15, 0.2) is 6.61 Å². The normalized spacial score (nSPS) is 13.2. The Bertz CT molecular complexity index is 685. The van der Waals surface area contributed by atoms with Crippen molar-refractivity contribution in [2.45, 2.75) is 32.1 Å². The molecule has 2 aromatic rings. The maximum atomic E-state index is 12.3. The van der Waals surface area contributed by atoms with E-state index < -0.39 is 0 Å². The molecule has 0 atom stereocenters. The smallest absolute Gasteiger partial charge is 0.260 e. The first-order chi connectivity index (χ1) is 11.7. The number of ether oxygens (including phenoxy) is 1. The van der Waals surface area contributed by atoms with Crippen LogP contribution in [0.1, 0.15) is 29.5 Å². The van der Waals surface area contributed by atoms with Crippen molar-refractivity contribution in [2.24, 2.45) is 0 Å². The highest BCUT2D eigenvalue weighted by atomic mass is 16.5. The molecule has 1 aromatic carbocycles. The third kappa shape index (κ3) is 4.13. The predicted octanol–water partition coefficient (Wildman–Crippen LogP) is 3.04. The maximum absolute atomic E-state index is 12.3. The summed E-state index contributed by atoms with van der Waals surface area (Å²) in [5.41, 5.74) is 3.84. The molecule has 0 aliphatic heterocycles. The summed E-state index contributed by atoms with van der Waals surface area (Å²) in [4.78, 5) is 18.0. The van der Waals surface area contributed by atoms with E-state index in [1.807, 2.05) is 31.3 Å². The van der Waals surface area contributed by atoms with Gasteiger partial charge < -0.3 is 9.64 Å². The van der Waals surface area contributed by atoms with E-state index >= 15 is 0 Å². The molecule has 1 heterocycles. The zero-order valence-corrected chi connectivity index (χ0v) is 14.2. The van der Waals surface area contributed by atoms with Gasteiger partial charge in [0.1, 0.15) is 5.75 Å². The highest BCUT2D eigenvalue weighted by Gasteiger charge is 2.15. The standard InChI is InChI=1S/C20H24N2O2/c1-22(14-11-16-9-12-21-13-10-16)20(23)15-24-19-8-4-6-17-5-2-3-7-18(17)19/h4,6,8-10,12-13H,2-3,5,7,11,14-15H2,1H3. The lowest BCUT2D eigenvalue weighted by Gasteiger charge is -2.21. The fraction of sp³-hybridized carbons (Fsp3) is 0.400. The Balaban J connectivity index is 1.52. The number of hydrogen-bond acceptors (Lipinski definition) is 3. The molecule has 0 fully saturated rings. The summed E-state index contributed by atoms with van der Waals surface area (Å²) in [7, 11) is 1.83. The van der Waals surface area contributed by atoms with E-state index in [-0.39, 0.29) is 12.5 Å². The second kappa shape index (κ2) is 7.95. The van der Waals surface area contributed by atoms with Gasteiger partial charge in [0.2, 0.25) is 0 Å². The molecule has 0 saturated carbocycles. The van der Waals surface area contributed by atoms with E-state index in [0.29, 0.717) is 6.54 Å². The molecule has 4 heteroatoms. The van der Waals surface area contributed by atoms with Gasteiger partial charge in [-0.05, 0) is 67.0 Å². The summed E-state index contributed by atoms with van der Waals surface area (Å²) in [6, 6.07) is 10.1. The average molecular weight is 324 g/mol. The first-order valence-electron chi connectivity index (χ1n) is 8.60. The molecule has 24 heavy (non-hydrogen) atoms. The van der Waals surface area contributed by atoms with Crippen molar-refractivity contribution in [1.29, 1.82) is 0 Å². The molecule has 0 unspecified atom stereocenters. The Hall–Kier alpha value is -2.36. The SMILES string of the molecule is CN(CCc1ccncc1)C(=O)COc1cccc2c1CCCC2. The van der Waals surface area contributed by atoms with Crippen LogP contribution in [-0.4, -0.2) is 36.0 Å². The van der Waals surface area contributed by atoms with Gasteiger partial charge in [0.05, 0.1) is 0 Å². The van der Waals surface area contributed by atoms with Gasteiger partial charge in [-0.25, -0.2) is 0 Å². The largest absolute Gasteiger partial charge is 0.483 e. The minimum absolute atomic E-state index is 0.0115. The zero-order chi connectivity index (χ0) is 16.8. The summed E-state index contributed by atoms with van der Waals surface area (Å²) in [5, 5.41) is 0. The summed E-state index contributed by atoms with van der Waals surface area (Å²) in [6.45, 7) is 0.780. The summed E-state index contributed by atoms with van der Waals surface area (Å²) < 4.78 is 5.84. The van der Waals surface area contributed by atoms with Crippen LogP contribution >= 0.6 is 0 Å². The summed E-state index contributed by atoms with van der Waals surface area (Å²) in [6.07, 6.45) is 8.99. The number of fused-ring (bicyclic) bond motifs is 1. The van der Waals surface area contributed by atoms with Crippen molar-refractivity contribution in [1.82, 2.24) is 9.88 Å². The predicted molar refractivity (Wildman–Crippen MR) is 94.2 cm³/mol. The molecule has 1 aliphatic rings. The second-order valence-electron chi connectivity index (χ2n) is 6.31. The maximum Gasteiger partial charge on any atom is 0.260 e. The number of carbonyl (C=O) groups is 1. The number of likely N-dealkylation sites (N-methyl/N-ethyl adjacent to an activating group) is 1. The highest BCUT2D eigenvalue weighted by molar-refractivity contribution is 5.77. The van der Waals surface area contributed by atoms with Crippen molar-refractivity contribution in [3.8, 4) is 5.75 Å². The fourth-order valence-electron chi connectivity index (χ4n) is 3.10. The number of aryl methyl sites for hydroxylation is 1. The molecule has 0 saturated heterocycles. The third-order valence-electron chi connectivity index (χ3n) is 4.62.